The molecule has 0 saturated carbocycles. The van der Waals surface area contributed by atoms with Crippen molar-refractivity contribution in [3.63, 3.8) is 0 Å². The summed E-state index contributed by atoms with van der Waals surface area (Å²) in [6.07, 6.45) is 6.52. The predicted octanol–water partition coefficient (Wildman–Crippen LogP) is 0.842. The lowest BCUT2D eigenvalue weighted by Gasteiger charge is -2.09. The van der Waals surface area contributed by atoms with Crippen molar-refractivity contribution in [2.75, 3.05) is 47.6 Å². The van der Waals surface area contributed by atoms with E-state index in [1.807, 2.05) is 0 Å². The van der Waals surface area contributed by atoms with Gasteiger partial charge in [0.25, 0.3) is 0 Å². The Morgan fingerprint density at radius 1 is 0.636 bits per heavy atom. The second-order valence-electron chi connectivity index (χ2n) is 5.72. The van der Waals surface area contributed by atoms with Crippen LogP contribution >= 0.6 is 0 Å². The van der Waals surface area contributed by atoms with Gasteiger partial charge >= 0.3 is 0 Å². The molecule has 0 radical (unpaired) electrons. The standard InChI is InChI=1S/C5H10O2S.C5H10OS.C4H9NOS/c6-8(7)4-2-1-3-5-8;6-7-4-2-1-3-5-7;6-7-3-1-5-2-4-7/h1-5H2;1-5H2;5H,1-4H2. The van der Waals surface area contributed by atoms with Crippen LogP contribution in [0.25, 0.3) is 0 Å². The molecular weight excluding hydrogens is 342 g/mol. The van der Waals surface area contributed by atoms with Crippen LogP contribution in [-0.2, 0) is 31.4 Å². The van der Waals surface area contributed by atoms with Crippen molar-refractivity contribution in [1.82, 2.24) is 5.32 Å². The maximum Gasteiger partial charge on any atom is 0.150 e. The van der Waals surface area contributed by atoms with E-state index >= 15 is 0 Å². The van der Waals surface area contributed by atoms with Crippen LogP contribution < -0.4 is 5.32 Å². The fraction of sp³-hybridized carbons (Fsp3) is 1.00. The number of hydrogen-bond acceptors (Lipinski definition) is 5. The highest BCUT2D eigenvalue weighted by Crippen LogP contribution is 2.09. The number of sulfone groups is 1. The van der Waals surface area contributed by atoms with E-state index in [2.05, 4.69) is 5.32 Å². The third kappa shape index (κ3) is 10.9. The molecule has 3 heterocycles. The lowest BCUT2D eigenvalue weighted by molar-refractivity contribution is 0.575. The highest BCUT2D eigenvalue weighted by atomic mass is 32.2. The normalized spacial score (nSPS) is 26.0. The van der Waals surface area contributed by atoms with Gasteiger partial charge in [0.2, 0.25) is 0 Å². The molecular formula is C14H29NO4S3. The maximum absolute atomic E-state index is 10.7. The Labute approximate surface area is 139 Å². The van der Waals surface area contributed by atoms with E-state index < -0.39 is 31.4 Å². The Kier molecular flexibility index (Phi) is 10.8. The molecule has 8 heteroatoms. The summed E-state index contributed by atoms with van der Waals surface area (Å²) in [6, 6.07) is 0. The van der Waals surface area contributed by atoms with Crippen molar-refractivity contribution < 1.29 is 16.8 Å². The number of hydrogen-bond donors (Lipinski definition) is 1. The van der Waals surface area contributed by atoms with E-state index in [4.69, 9.17) is 0 Å². The van der Waals surface area contributed by atoms with Crippen molar-refractivity contribution >= 4 is 31.4 Å². The molecule has 0 aromatic heterocycles. The van der Waals surface area contributed by atoms with Gasteiger partial charge in [-0.1, -0.05) is 12.8 Å². The summed E-state index contributed by atoms with van der Waals surface area (Å²) in [5, 5.41) is 3.12. The Hall–Kier alpha value is 0.210. The van der Waals surface area contributed by atoms with Gasteiger partial charge < -0.3 is 5.32 Å². The Morgan fingerprint density at radius 2 is 1.09 bits per heavy atom. The van der Waals surface area contributed by atoms with Gasteiger partial charge in [-0.3, -0.25) is 8.42 Å². The molecule has 0 bridgehead atoms. The van der Waals surface area contributed by atoms with E-state index in [-0.39, 0.29) is 0 Å². The molecule has 5 nitrogen and oxygen atoms in total. The lowest BCUT2D eigenvalue weighted by atomic mass is 10.3. The van der Waals surface area contributed by atoms with E-state index in [9.17, 15) is 16.8 Å². The summed E-state index contributed by atoms with van der Waals surface area (Å²) in [7, 11) is -3.53. The molecule has 0 spiro atoms. The number of nitrogens with one attached hydrogen (secondary N) is 1. The second-order valence-corrected chi connectivity index (χ2v) is 11.4. The molecule has 1 N–H and O–H groups in total. The Bertz CT molecular complexity index is 401. The van der Waals surface area contributed by atoms with Crippen molar-refractivity contribution in [2.45, 2.75) is 38.5 Å². The largest absolute Gasteiger partial charge is 0.315 e. The van der Waals surface area contributed by atoms with Gasteiger partial charge in [-0.05, 0) is 25.7 Å². The highest BCUT2D eigenvalue weighted by Gasteiger charge is 2.14. The number of rotatable bonds is 0. The zero-order chi connectivity index (χ0) is 16.3. The van der Waals surface area contributed by atoms with Gasteiger partial charge in [0.15, 0.2) is 0 Å². The molecule has 0 aromatic carbocycles. The molecule has 132 valence electrons. The molecule has 0 amide bonds. The SMILES string of the molecule is O=S1(=O)CCCCC1.O=S1CCCCC1.O=S1CCNCC1. The zero-order valence-electron chi connectivity index (χ0n) is 13.3. The van der Waals surface area contributed by atoms with E-state index in [1.165, 1.54) is 19.3 Å². The van der Waals surface area contributed by atoms with Gasteiger partial charge in [-0.25, -0.2) is 8.42 Å². The first-order chi connectivity index (χ1) is 10.5. The van der Waals surface area contributed by atoms with Gasteiger partial charge in [-0.15, -0.1) is 0 Å². The molecule has 3 fully saturated rings. The first-order valence-corrected chi connectivity index (χ1v) is 12.9. The van der Waals surface area contributed by atoms with Crippen LogP contribution in [0.4, 0.5) is 0 Å². The highest BCUT2D eigenvalue weighted by molar-refractivity contribution is 7.91. The topological polar surface area (TPSA) is 80.3 Å². The predicted molar refractivity (Wildman–Crippen MR) is 95.0 cm³/mol. The first-order valence-electron chi connectivity index (χ1n) is 8.11. The van der Waals surface area contributed by atoms with Gasteiger partial charge in [0.1, 0.15) is 9.84 Å². The second kappa shape index (κ2) is 11.7. The summed E-state index contributed by atoms with van der Waals surface area (Å²) in [5.41, 5.74) is 0. The molecule has 3 aliphatic heterocycles. The molecule has 0 atom stereocenters. The monoisotopic (exact) mass is 371 g/mol. The molecule has 0 aliphatic carbocycles. The fourth-order valence-electron chi connectivity index (χ4n) is 2.33. The summed E-state index contributed by atoms with van der Waals surface area (Å²) in [4.78, 5) is 0. The molecule has 0 aromatic rings. The minimum absolute atomic E-state index is 0.424. The van der Waals surface area contributed by atoms with Crippen molar-refractivity contribution in [3.05, 3.63) is 0 Å². The molecule has 3 saturated heterocycles. The molecule has 3 rings (SSSR count). The molecule has 22 heavy (non-hydrogen) atoms. The van der Waals surface area contributed by atoms with Crippen molar-refractivity contribution in [1.29, 1.82) is 0 Å². The van der Waals surface area contributed by atoms with Gasteiger partial charge in [-0.2, -0.15) is 0 Å². The molecule has 0 unspecified atom stereocenters. The van der Waals surface area contributed by atoms with Crippen LogP contribution in [0, 0.1) is 0 Å². The van der Waals surface area contributed by atoms with Crippen LogP contribution in [0.5, 0.6) is 0 Å². The Balaban J connectivity index is 0.000000166. The fourth-order valence-corrected chi connectivity index (χ4v) is 6.02. The van der Waals surface area contributed by atoms with E-state index in [0.29, 0.717) is 11.5 Å². The average molecular weight is 372 g/mol. The van der Waals surface area contributed by atoms with E-state index in [1.54, 1.807) is 0 Å². The Morgan fingerprint density at radius 3 is 1.36 bits per heavy atom. The first kappa shape index (κ1) is 20.3. The van der Waals surface area contributed by atoms with Crippen LogP contribution in [-0.4, -0.2) is 64.4 Å². The zero-order valence-corrected chi connectivity index (χ0v) is 15.7. The summed E-state index contributed by atoms with van der Waals surface area (Å²) >= 11 is 0. The molecule has 3 aliphatic rings. The maximum atomic E-state index is 10.7. The third-order valence-corrected chi connectivity index (χ3v) is 8.30. The minimum atomic E-state index is -2.58. The third-order valence-electron chi connectivity index (χ3n) is 3.67. The summed E-state index contributed by atoms with van der Waals surface area (Å²) < 4.78 is 42.4. The minimum Gasteiger partial charge on any atom is -0.315 e. The van der Waals surface area contributed by atoms with Crippen molar-refractivity contribution in [2.24, 2.45) is 0 Å². The van der Waals surface area contributed by atoms with Crippen LogP contribution in [0.2, 0.25) is 0 Å². The van der Waals surface area contributed by atoms with Gasteiger partial charge in [0, 0.05) is 57.7 Å². The quantitative estimate of drug-likeness (QED) is 0.683. The van der Waals surface area contributed by atoms with Crippen LogP contribution in [0.15, 0.2) is 0 Å². The summed E-state index contributed by atoms with van der Waals surface area (Å²) in [6.45, 7) is 1.87. The lowest BCUT2D eigenvalue weighted by Crippen LogP contribution is -2.32. The smallest absolute Gasteiger partial charge is 0.150 e. The van der Waals surface area contributed by atoms with E-state index in [0.717, 1.165) is 55.4 Å². The van der Waals surface area contributed by atoms with Crippen LogP contribution in [0.3, 0.4) is 0 Å². The van der Waals surface area contributed by atoms with Crippen molar-refractivity contribution in [3.8, 4) is 0 Å². The van der Waals surface area contributed by atoms with Gasteiger partial charge in [0.05, 0.1) is 11.5 Å². The average Bonchev–Trinajstić information content (AvgIpc) is 2.50. The summed E-state index contributed by atoms with van der Waals surface area (Å²) in [5.74, 6) is 4.46. The van der Waals surface area contributed by atoms with Crippen LogP contribution in [0.1, 0.15) is 38.5 Å².